The zero-order valence-corrected chi connectivity index (χ0v) is 8.25. The van der Waals surface area contributed by atoms with Crippen LogP contribution in [0.5, 0.6) is 0 Å². The molecule has 0 spiro atoms. The van der Waals surface area contributed by atoms with Gasteiger partial charge in [-0.2, -0.15) is 0 Å². The third-order valence-corrected chi connectivity index (χ3v) is 2.32. The van der Waals surface area contributed by atoms with Crippen molar-refractivity contribution in [2.75, 3.05) is 19.8 Å². The van der Waals surface area contributed by atoms with Crippen LogP contribution in [0.4, 0.5) is 4.39 Å². The van der Waals surface area contributed by atoms with Crippen molar-refractivity contribution in [3.63, 3.8) is 0 Å². The van der Waals surface area contributed by atoms with Crippen LogP contribution in [-0.4, -0.2) is 42.5 Å². The van der Waals surface area contributed by atoms with Gasteiger partial charge in [-0.1, -0.05) is 6.92 Å². The monoisotopic (exact) mass is 202 g/mol. The third kappa shape index (κ3) is 2.43. The van der Waals surface area contributed by atoms with Crippen LogP contribution in [0.25, 0.3) is 0 Å². The Bertz CT molecular complexity index is 233. The van der Waals surface area contributed by atoms with Gasteiger partial charge in [0.05, 0.1) is 0 Å². The van der Waals surface area contributed by atoms with Crippen LogP contribution in [0.3, 0.4) is 0 Å². The number of hydrogen-bond donors (Lipinski definition) is 1. The van der Waals surface area contributed by atoms with Crippen molar-refractivity contribution < 1.29 is 14.0 Å². The number of carbonyl (C=O) groups excluding carboxylic acids is 2. The minimum atomic E-state index is -0.559. The second kappa shape index (κ2) is 4.93. The van der Waals surface area contributed by atoms with Crippen LogP contribution in [-0.2, 0) is 9.59 Å². The summed E-state index contributed by atoms with van der Waals surface area (Å²) in [5.41, 5.74) is 0. The summed E-state index contributed by atoms with van der Waals surface area (Å²) in [7, 11) is 0. The van der Waals surface area contributed by atoms with Crippen molar-refractivity contribution >= 4 is 11.8 Å². The molecule has 1 aliphatic heterocycles. The molecule has 0 aliphatic carbocycles. The van der Waals surface area contributed by atoms with E-state index in [4.69, 9.17) is 0 Å². The molecule has 5 heteroatoms. The molecule has 2 amide bonds. The molecule has 1 fully saturated rings. The van der Waals surface area contributed by atoms with Crippen LogP contribution >= 0.6 is 0 Å². The minimum Gasteiger partial charge on any atom is -0.344 e. The van der Waals surface area contributed by atoms with Crippen molar-refractivity contribution in [2.24, 2.45) is 0 Å². The standard InChI is InChI=1S/C9H15FN2O2/c1-2-7-9(14)12(6-4-10)5-3-8(13)11-7/h7H,2-6H2,1H3,(H,11,13). The fourth-order valence-corrected chi connectivity index (χ4v) is 1.50. The molecule has 1 N–H and O–H groups in total. The first kappa shape index (κ1) is 10.9. The van der Waals surface area contributed by atoms with Crippen LogP contribution < -0.4 is 5.32 Å². The highest BCUT2D eigenvalue weighted by Crippen LogP contribution is 2.05. The maximum absolute atomic E-state index is 12.1. The summed E-state index contributed by atoms with van der Waals surface area (Å²) in [6, 6.07) is -0.475. The average molecular weight is 202 g/mol. The zero-order valence-electron chi connectivity index (χ0n) is 8.25. The van der Waals surface area contributed by atoms with Crippen molar-refractivity contribution in [2.45, 2.75) is 25.8 Å². The van der Waals surface area contributed by atoms with Crippen molar-refractivity contribution in [1.29, 1.82) is 0 Å². The number of halogens is 1. The van der Waals surface area contributed by atoms with Gasteiger partial charge in [0, 0.05) is 19.5 Å². The highest BCUT2D eigenvalue weighted by Gasteiger charge is 2.27. The molecule has 1 aliphatic rings. The summed E-state index contributed by atoms with van der Waals surface area (Å²) in [4.78, 5) is 24.2. The molecule has 1 heterocycles. The first-order valence-corrected chi connectivity index (χ1v) is 4.83. The Kier molecular flexibility index (Phi) is 3.85. The minimum absolute atomic E-state index is 0.0876. The molecule has 0 aromatic heterocycles. The van der Waals surface area contributed by atoms with Crippen LogP contribution in [0.15, 0.2) is 0 Å². The Morgan fingerprint density at radius 2 is 2.29 bits per heavy atom. The summed E-state index contributed by atoms with van der Waals surface area (Å²) < 4.78 is 12.1. The second-order valence-corrected chi connectivity index (χ2v) is 3.29. The van der Waals surface area contributed by atoms with Gasteiger partial charge in [0.1, 0.15) is 12.7 Å². The SMILES string of the molecule is CCC1NC(=O)CCN(CCF)C1=O. The first-order chi connectivity index (χ1) is 6.69. The molecule has 0 aromatic rings. The Labute approximate surface area is 82.5 Å². The topological polar surface area (TPSA) is 49.4 Å². The summed E-state index contributed by atoms with van der Waals surface area (Å²) >= 11 is 0. The number of carbonyl (C=O) groups is 2. The van der Waals surface area contributed by atoms with E-state index in [1.165, 1.54) is 4.90 Å². The Hall–Kier alpha value is -1.13. The lowest BCUT2D eigenvalue weighted by Gasteiger charge is -2.21. The molecule has 0 saturated carbocycles. The van der Waals surface area contributed by atoms with E-state index in [0.29, 0.717) is 13.0 Å². The van der Waals surface area contributed by atoms with E-state index in [0.717, 1.165) is 0 Å². The first-order valence-electron chi connectivity index (χ1n) is 4.83. The third-order valence-electron chi connectivity index (χ3n) is 2.32. The lowest BCUT2D eigenvalue weighted by molar-refractivity contribution is -0.133. The van der Waals surface area contributed by atoms with Gasteiger partial charge in [0.2, 0.25) is 11.8 Å². The van der Waals surface area contributed by atoms with E-state index in [-0.39, 0.29) is 24.8 Å². The van der Waals surface area contributed by atoms with E-state index in [9.17, 15) is 14.0 Å². The normalized spacial score (nSPS) is 23.3. The van der Waals surface area contributed by atoms with Gasteiger partial charge in [-0.15, -0.1) is 0 Å². The highest BCUT2D eigenvalue weighted by atomic mass is 19.1. The van der Waals surface area contributed by atoms with E-state index in [1.807, 2.05) is 6.92 Å². The number of rotatable bonds is 3. The summed E-state index contributed by atoms with van der Waals surface area (Å²) in [5.74, 6) is -0.303. The average Bonchev–Trinajstić information content (AvgIpc) is 2.31. The van der Waals surface area contributed by atoms with Crippen LogP contribution in [0.2, 0.25) is 0 Å². The number of hydrogen-bond acceptors (Lipinski definition) is 2. The fourth-order valence-electron chi connectivity index (χ4n) is 1.50. The molecule has 1 saturated heterocycles. The molecule has 1 atom stereocenters. The van der Waals surface area contributed by atoms with Gasteiger partial charge >= 0.3 is 0 Å². The largest absolute Gasteiger partial charge is 0.344 e. The van der Waals surface area contributed by atoms with Gasteiger partial charge in [0.25, 0.3) is 0 Å². The number of alkyl halides is 1. The predicted molar refractivity (Wildman–Crippen MR) is 49.4 cm³/mol. The molecule has 80 valence electrons. The van der Waals surface area contributed by atoms with Crippen molar-refractivity contribution in [3.8, 4) is 0 Å². The lowest BCUT2D eigenvalue weighted by atomic mass is 10.2. The van der Waals surface area contributed by atoms with Gasteiger partial charge in [0.15, 0.2) is 0 Å². The lowest BCUT2D eigenvalue weighted by Crippen LogP contribution is -2.44. The van der Waals surface area contributed by atoms with Gasteiger partial charge in [-0.25, -0.2) is 4.39 Å². The molecule has 1 rings (SSSR count). The summed E-state index contributed by atoms with van der Waals surface area (Å²) in [6.07, 6.45) is 0.815. The van der Waals surface area contributed by atoms with Gasteiger partial charge in [-0.05, 0) is 6.42 Å². The van der Waals surface area contributed by atoms with E-state index < -0.39 is 12.7 Å². The van der Waals surface area contributed by atoms with Crippen molar-refractivity contribution in [1.82, 2.24) is 10.2 Å². The fraction of sp³-hybridized carbons (Fsp3) is 0.778. The van der Waals surface area contributed by atoms with Crippen molar-refractivity contribution in [3.05, 3.63) is 0 Å². The molecular formula is C9H15FN2O2. The summed E-state index contributed by atoms with van der Waals surface area (Å²) in [6.45, 7) is 1.67. The molecule has 1 unspecified atom stereocenters. The number of amides is 2. The predicted octanol–water partition coefficient (Wildman–Crippen LogP) is 0.0830. The molecule has 0 bridgehead atoms. The number of nitrogens with one attached hydrogen (secondary N) is 1. The molecule has 4 nitrogen and oxygen atoms in total. The quantitative estimate of drug-likeness (QED) is 0.704. The van der Waals surface area contributed by atoms with Crippen LogP contribution in [0.1, 0.15) is 19.8 Å². The van der Waals surface area contributed by atoms with E-state index >= 15 is 0 Å². The van der Waals surface area contributed by atoms with E-state index in [2.05, 4.69) is 5.32 Å². The summed E-state index contributed by atoms with van der Waals surface area (Å²) in [5, 5.41) is 2.61. The smallest absolute Gasteiger partial charge is 0.245 e. The second-order valence-electron chi connectivity index (χ2n) is 3.29. The zero-order chi connectivity index (χ0) is 10.6. The van der Waals surface area contributed by atoms with E-state index in [1.54, 1.807) is 0 Å². The Morgan fingerprint density at radius 3 is 2.86 bits per heavy atom. The Morgan fingerprint density at radius 1 is 1.57 bits per heavy atom. The van der Waals surface area contributed by atoms with Gasteiger partial charge < -0.3 is 10.2 Å². The van der Waals surface area contributed by atoms with Gasteiger partial charge in [-0.3, -0.25) is 9.59 Å². The molecular weight excluding hydrogens is 187 g/mol. The highest BCUT2D eigenvalue weighted by molar-refractivity contribution is 5.89. The maximum atomic E-state index is 12.1. The maximum Gasteiger partial charge on any atom is 0.245 e. The Balaban J connectivity index is 2.69. The molecule has 0 radical (unpaired) electrons. The van der Waals surface area contributed by atoms with Crippen LogP contribution in [0, 0.1) is 0 Å². The number of nitrogens with zero attached hydrogens (tertiary/aromatic N) is 1. The molecule has 14 heavy (non-hydrogen) atoms. The molecule has 0 aromatic carbocycles.